The molecule has 14 heavy (non-hydrogen) atoms. The molecule has 0 amide bonds. The van der Waals surface area contributed by atoms with Gasteiger partial charge >= 0.3 is 0 Å². The van der Waals surface area contributed by atoms with E-state index in [4.69, 9.17) is 5.26 Å². The SMILES string of the molecule is N#Cc1c(F)ccc(S(N)(=O)=O)c1F. The third kappa shape index (κ3) is 1.71. The molecule has 0 saturated carbocycles. The minimum atomic E-state index is -4.28. The van der Waals surface area contributed by atoms with Gasteiger partial charge in [0.15, 0.2) is 5.82 Å². The summed E-state index contributed by atoms with van der Waals surface area (Å²) in [7, 11) is -4.28. The summed E-state index contributed by atoms with van der Waals surface area (Å²) in [5.41, 5.74) is -0.962. The molecule has 0 aliphatic heterocycles. The van der Waals surface area contributed by atoms with Crippen molar-refractivity contribution < 1.29 is 17.2 Å². The monoisotopic (exact) mass is 218 g/mol. The highest BCUT2D eigenvalue weighted by Crippen LogP contribution is 2.18. The van der Waals surface area contributed by atoms with Crippen LogP contribution in [-0.4, -0.2) is 8.42 Å². The van der Waals surface area contributed by atoms with E-state index in [-0.39, 0.29) is 0 Å². The lowest BCUT2D eigenvalue weighted by atomic mass is 10.2. The molecule has 7 heteroatoms. The summed E-state index contributed by atoms with van der Waals surface area (Å²) in [5, 5.41) is 13.0. The molecule has 0 heterocycles. The highest BCUT2D eigenvalue weighted by molar-refractivity contribution is 7.89. The molecule has 2 N–H and O–H groups in total. The van der Waals surface area contributed by atoms with Gasteiger partial charge in [0.05, 0.1) is 0 Å². The Hall–Kier alpha value is -1.52. The lowest BCUT2D eigenvalue weighted by Gasteiger charge is -2.01. The Kier molecular flexibility index (Phi) is 2.51. The zero-order valence-electron chi connectivity index (χ0n) is 6.66. The van der Waals surface area contributed by atoms with Crippen molar-refractivity contribution in [2.24, 2.45) is 5.14 Å². The maximum Gasteiger partial charge on any atom is 0.241 e. The second-order valence-electron chi connectivity index (χ2n) is 2.39. The van der Waals surface area contributed by atoms with Crippen LogP contribution >= 0.6 is 0 Å². The smallest absolute Gasteiger partial charge is 0.225 e. The predicted octanol–water partition coefficient (Wildman–Crippen LogP) is 0.484. The minimum absolute atomic E-state index is 0.668. The Morgan fingerprint density at radius 2 is 1.93 bits per heavy atom. The van der Waals surface area contributed by atoms with Crippen molar-refractivity contribution in [2.75, 3.05) is 0 Å². The molecule has 0 saturated heterocycles. The maximum atomic E-state index is 13.1. The number of halogens is 2. The Balaban J connectivity index is 3.62. The Morgan fingerprint density at radius 1 is 1.36 bits per heavy atom. The quantitative estimate of drug-likeness (QED) is 0.744. The molecule has 0 aromatic heterocycles. The summed E-state index contributed by atoms with van der Waals surface area (Å²) in [6.07, 6.45) is 0. The van der Waals surface area contributed by atoms with Gasteiger partial charge in [0.1, 0.15) is 22.3 Å². The number of benzene rings is 1. The molecule has 1 aromatic carbocycles. The van der Waals surface area contributed by atoms with E-state index in [1.165, 1.54) is 6.07 Å². The third-order valence-corrected chi connectivity index (χ3v) is 2.40. The standard InChI is InChI=1S/C7H4F2N2O2S/c8-5-1-2-6(14(11,12)13)7(9)4(5)3-10/h1-2H,(H2,11,12,13). The average Bonchev–Trinajstić information content (AvgIpc) is 2.02. The van der Waals surface area contributed by atoms with Crippen LogP contribution in [0.4, 0.5) is 8.78 Å². The van der Waals surface area contributed by atoms with Gasteiger partial charge in [0.25, 0.3) is 0 Å². The molecule has 0 unspecified atom stereocenters. The number of nitriles is 1. The van der Waals surface area contributed by atoms with Gasteiger partial charge in [-0.05, 0) is 12.1 Å². The van der Waals surface area contributed by atoms with Crippen LogP contribution in [0.3, 0.4) is 0 Å². The highest BCUT2D eigenvalue weighted by atomic mass is 32.2. The van der Waals surface area contributed by atoms with Gasteiger partial charge < -0.3 is 0 Å². The highest BCUT2D eigenvalue weighted by Gasteiger charge is 2.20. The fourth-order valence-electron chi connectivity index (χ4n) is 0.856. The van der Waals surface area contributed by atoms with Crippen LogP contribution in [0.15, 0.2) is 17.0 Å². The molecule has 0 radical (unpaired) electrons. The molecule has 74 valence electrons. The molecule has 0 fully saturated rings. The van der Waals surface area contributed by atoms with Crippen LogP contribution in [0, 0.1) is 23.0 Å². The van der Waals surface area contributed by atoms with E-state index >= 15 is 0 Å². The molecule has 0 atom stereocenters. The Morgan fingerprint density at radius 3 is 2.36 bits per heavy atom. The van der Waals surface area contributed by atoms with Crippen molar-refractivity contribution in [3.8, 4) is 6.07 Å². The first-order valence-electron chi connectivity index (χ1n) is 3.29. The van der Waals surface area contributed by atoms with Crippen molar-refractivity contribution in [2.45, 2.75) is 4.90 Å². The van der Waals surface area contributed by atoms with Gasteiger partial charge in [-0.15, -0.1) is 0 Å². The number of sulfonamides is 1. The van der Waals surface area contributed by atoms with E-state index in [0.717, 1.165) is 0 Å². The molecule has 1 rings (SSSR count). The number of hydrogen-bond donors (Lipinski definition) is 1. The largest absolute Gasteiger partial charge is 0.241 e. The maximum absolute atomic E-state index is 13.1. The Bertz CT molecular complexity index is 519. The summed E-state index contributed by atoms with van der Waals surface area (Å²) >= 11 is 0. The van der Waals surface area contributed by atoms with Crippen LogP contribution in [0.2, 0.25) is 0 Å². The zero-order chi connectivity index (χ0) is 10.9. The Labute approximate surface area is 78.6 Å². The lowest BCUT2D eigenvalue weighted by molar-refractivity contribution is 0.545. The second-order valence-corrected chi connectivity index (χ2v) is 3.92. The van der Waals surface area contributed by atoms with Crippen molar-refractivity contribution >= 4 is 10.0 Å². The lowest BCUT2D eigenvalue weighted by Crippen LogP contribution is -2.15. The van der Waals surface area contributed by atoms with E-state index in [0.29, 0.717) is 12.1 Å². The summed E-state index contributed by atoms with van der Waals surface area (Å²) < 4.78 is 47.3. The molecule has 0 bridgehead atoms. The molecular formula is C7H4F2N2O2S. The number of nitrogens with two attached hydrogens (primary N) is 1. The average molecular weight is 218 g/mol. The van der Waals surface area contributed by atoms with E-state index in [2.05, 4.69) is 5.14 Å². The van der Waals surface area contributed by atoms with Gasteiger partial charge in [-0.1, -0.05) is 0 Å². The van der Waals surface area contributed by atoms with Crippen LogP contribution < -0.4 is 5.14 Å². The molecule has 0 spiro atoms. The van der Waals surface area contributed by atoms with Gasteiger partial charge in [-0.25, -0.2) is 22.3 Å². The molecule has 0 aliphatic carbocycles. The number of hydrogen-bond acceptors (Lipinski definition) is 3. The van der Waals surface area contributed by atoms with Crippen LogP contribution in [-0.2, 0) is 10.0 Å². The second kappa shape index (κ2) is 3.32. The normalized spacial score (nSPS) is 11.0. The van der Waals surface area contributed by atoms with Crippen molar-refractivity contribution in [1.29, 1.82) is 5.26 Å². The van der Waals surface area contributed by atoms with Gasteiger partial charge in [-0.3, -0.25) is 0 Å². The first kappa shape index (κ1) is 10.6. The number of nitrogens with zero attached hydrogens (tertiary/aromatic N) is 1. The zero-order valence-corrected chi connectivity index (χ0v) is 7.48. The van der Waals surface area contributed by atoms with E-state index < -0.39 is 32.1 Å². The van der Waals surface area contributed by atoms with Gasteiger partial charge in [0.2, 0.25) is 10.0 Å². The number of rotatable bonds is 1. The minimum Gasteiger partial charge on any atom is -0.225 e. The van der Waals surface area contributed by atoms with Crippen LogP contribution in [0.1, 0.15) is 5.56 Å². The van der Waals surface area contributed by atoms with Gasteiger partial charge in [0, 0.05) is 0 Å². The summed E-state index contributed by atoms with van der Waals surface area (Å²) in [4.78, 5) is -0.893. The summed E-state index contributed by atoms with van der Waals surface area (Å²) in [5.74, 6) is -2.59. The van der Waals surface area contributed by atoms with Crippen LogP contribution in [0.25, 0.3) is 0 Å². The van der Waals surface area contributed by atoms with Crippen molar-refractivity contribution in [3.05, 3.63) is 29.3 Å². The predicted molar refractivity (Wildman–Crippen MR) is 42.4 cm³/mol. The molecule has 0 aliphatic rings. The summed E-state index contributed by atoms with van der Waals surface area (Å²) in [6.45, 7) is 0. The fourth-order valence-corrected chi connectivity index (χ4v) is 1.47. The molecule has 1 aromatic rings. The summed E-state index contributed by atoms with van der Waals surface area (Å²) in [6, 6.07) is 2.54. The van der Waals surface area contributed by atoms with E-state index in [1.807, 2.05) is 0 Å². The van der Waals surface area contributed by atoms with E-state index in [1.54, 1.807) is 0 Å². The molecule has 4 nitrogen and oxygen atoms in total. The number of primary sulfonamides is 1. The van der Waals surface area contributed by atoms with Crippen LogP contribution in [0.5, 0.6) is 0 Å². The van der Waals surface area contributed by atoms with Crippen molar-refractivity contribution in [1.82, 2.24) is 0 Å². The van der Waals surface area contributed by atoms with Crippen molar-refractivity contribution in [3.63, 3.8) is 0 Å². The molecular weight excluding hydrogens is 214 g/mol. The van der Waals surface area contributed by atoms with Gasteiger partial charge in [-0.2, -0.15) is 5.26 Å². The van der Waals surface area contributed by atoms with E-state index in [9.17, 15) is 17.2 Å². The topological polar surface area (TPSA) is 83.9 Å². The first-order valence-corrected chi connectivity index (χ1v) is 4.83. The third-order valence-electron chi connectivity index (χ3n) is 1.47. The fraction of sp³-hybridized carbons (Fsp3) is 0. The first-order chi connectivity index (χ1) is 6.38.